The molecule has 0 saturated heterocycles. The first-order valence-corrected chi connectivity index (χ1v) is 8.25. The first-order chi connectivity index (χ1) is 11.1. The van der Waals surface area contributed by atoms with Crippen molar-refractivity contribution in [3.05, 3.63) is 59.4 Å². The molecule has 132 valence electrons. The largest absolute Gasteiger partial charge is 0.357 e. The zero-order valence-corrected chi connectivity index (χ0v) is 17.5. The van der Waals surface area contributed by atoms with Crippen molar-refractivity contribution in [1.82, 2.24) is 14.8 Å². The van der Waals surface area contributed by atoms with Gasteiger partial charge in [-0.25, -0.2) is 0 Å². The van der Waals surface area contributed by atoms with Gasteiger partial charge in [0.05, 0.1) is 6.54 Å². The van der Waals surface area contributed by atoms with Gasteiger partial charge < -0.3 is 14.8 Å². The van der Waals surface area contributed by atoms with Gasteiger partial charge in [-0.3, -0.25) is 4.99 Å². The lowest BCUT2D eigenvalue weighted by atomic mass is 10.1. The lowest BCUT2D eigenvalue weighted by Crippen LogP contribution is -2.39. The van der Waals surface area contributed by atoms with Crippen molar-refractivity contribution >= 4 is 29.9 Å². The first-order valence-electron chi connectivity index (χ1n) is 8.25. The van der Waals surface area contributed by atoms with Crippen molar-refractivity contribution in [3.63, 3.8) is 0 Å². The molecular weight excluding hydrogens is 411 g/mol. The van der Waals surface area contributed by atoms with E-state index in [0.717, 1.165) is 32.0 Å². The van der Waals surface area contributed by atoms with Crippen molar-refractivity contribution in [2.75, 3.05) is 20.1 Å². The highest BCUT2D eigenvalue weighted by Crippen LogP contribution is 2.06. The molecule has 4 nitrogen and oxygen atoms in total. The van der Waals surface area contributed by atoms with Crippen LogP contribution in [0.25, 0.3) is 0 Å². The third-order valence-corrected chi connectivity index (χ3v) is 3.89. The standard InChI is InChI=1S/C19H28N4.HI/c1-5-20-19(23(4)15-18-10-7-13-22(18)3)21-12-11-17-9-6-8-16(2)14-17;/h6-10,13-14H,5,11-12,15H2,1-4H3,(H,20,21);1H. The Morgan fingerprint density at radius 3 is 2.67 bits per heavy atom. The van der Waals surface area contributed by atoms with E-state index in [1.54, 1.807) is 0 Å². The Kier molecular flexibility index (Phi) is 8.89. The van der Waals surface area contributed by atoms with E-state index < -0.39 is 0 Å². The average molecular weight is 440 g/mol. The molecule has 2 aromatic rings. The number of nitrogens with zero attached hydrogens (tertiary/aromatic N) is 3. The fourth-order valence-corrected chi connectivity index (χ4v) is 2.61. The van der Waals surface area contributed by atoms with Crippen LogP contribution < -0.4 is 5.32 Å². The van der Waals surface area contributed by atoms with Crippen LogP contribution in [-0.4, -0.2) is 35.6 Å². The van der Waals surface area contributed by atoms with Crippen molar-refractivity contribution < 1.29 is 0 Å². The number of aliphatic imine (C=N–C) groups is 1. The van der Waals surface area contributed by atoms with Crippen LogP contribution >= 0.6 is 24.0 Å². The summed E-state index contributed by atoms with van der Waals surface area (Å²) < 4.78 is 2.15. The summed E-state index contributed by atoms with van der Waals surface area (Å²) in [4.78, 5) is 6.95. The summed E-state index contributed by atoms with van der Waals surface area (Å²) in [5, 5.41) is 3.38. The summed E-state index contributed by atoms with van der Waals surface area (Å²) >= 11 is 0. The highest BCUT2D eigenvalue weighted by atomic mass is 127. The van der Waals surface area contributed by atoms with E-state index in [2.05, 4.69) is 85.3 Å². The van der Waals surface area contributed by atoms with E-state index in [0.29, 0.717) is 0 Å². The predicted octanol–water partition coefficient (Wildman–Crippen LogP) is 3.59. The van der Waals surface area contributed by atoms with Gasteiger partial charge in [0.25, 0.3) is 0 Å². The molecular formula is C19H29IN4. The first kappa shape index (κ1) is 20.5. The lowest BCUT2D eigenvalue weighted by molar-refractivity contribution is 0.462. The number of nitrogens with one attached hydrogen (secondary N) is 1. The molecule has 1 aromatic heterocycles. The smallest absolute Gasteiger partial charge is 0.194 e. The van der Waals surface area contributed by atoms with Gasteiger partial charge in [0.1, 0.15) is 0 Å². The van der Waals surface area contributed by atoms with Crippen molar-refractivity contribution in [2.24, 2.45) is 12.0 Å². The molecule has 1 heterocycles. The molecule has 1 N–H and O–H groups in total. The SMILES string of the molecule is CCNC(=NCCc1cccc(C)c1)N(C)Cc1cccn1C.I. The minimum Gasteiger partial charge on any atom is -0.357 e. The van der Waals surface area contributed by atoms with Crippen LogP contribution in [-0.2, 0) is 20.0 Å². The van der Waals surface area contributed by atoms with Gasteiger partial charge in [-0.1, -0.05) is 29.8 Å². The zero-order valence-electron chi connectivity index (χ0n) is 15.1. The molecule has 0 fully saturated rings. The summed E-state index contributed by atoms with van der Waals surface area (Å²) in [7, 11) is 4.16. The van der Waals surface area contributed by atoms with Crippen molar-refractivity contribution in [1.29, 1.82) is 0 Å². The van der Waals surface area contributed by atoms with E-state index in [1.807, 2.05) is 0 Å². The summed E-state index contributed by atoms with van der Waals surface area (Å²) in [6.07, 6.45) is 3.04. The van der Waals surface area contributed by atoms with Gasteiger partial charge in [0.15, 0.2) is 5.96 Å². The van der Waals surface area contributed by atoms with Crippen LogP contribution in [0, 0.1) is 6.92 Å². The van der Waals surface area contributed by atoms with E-state index >= 15 is 0 Å². The number of benzene rings is 1. The highest BCUT2D eigenvalue weighted by molar-refractivity contribution is 14.0. The number of aromatic nitrogens is 1. The zero-order chi connectivity index (χ0) is 16.7. The van der Waals surface area contributed by atoms with Crippen LogP contribution in [0.2, 0.25) is 0 Å². The average Bonchev–Trinajstić information content (AvgIpc) is 2.91. The number of halogens is 1. The van der Waals surface area contributed by atoms with Gasteiger partial charge in [0, 0.05) is 39.1 Å². The second-order valence-corrected chi connectivity index (χ2v) is 5.94. The van der Waals surface area contributed by atoms with Crippen LogP contribution in [0.1, 0.15) is 23.7 Å². The number of hydrogen-bond acceptors (Lipinski definition) is 1. The third-order valence-electron chi connectivity index (χ3n) is 3.89. The molecule has 2 rings (SSSR count). The van der Waals surface area contributed by atoms with E-state index in [9.17, 15) is 0 Å². The molecule has 0 unspecified atom stereocenters. The van der Waals surface area contributed by atoms with Crippen LogP contribution in [0.4, 0.5) is 0 Å². The molecule has 0 amide bonds. The predicted molar refractivity (Wildman–Crippen MR) is 113 cm³/mol. The van der Waals surface area contributed by atoms with Gasteiger partial charge >= 0.3 is 0 Å². The Morgan fingerprint density at radius 2 is 2.04 bits per heavy atom. The molecule has 0 aliphatic carbocycles. The maximum absolute atomic E-state index is 4.77. The number of guanidine groups is 1. The van der Waals surface area contributed by atoms with Crippen molar-refractivity contribution in [2.45, 2.75) is 26.8 Å². The maximum Gasteiger partial charge on any atom is 0.194 e. The van der Waals surface area contributed by atoms with Gasteiger partial charge in [-0.2, -0.15) is 0 Å². The van der Waals surface area contributed by atoms with Crippen LogP contribution in [0.5, 0.6) is 0 Å². The summed E-state index contributed by atoms with van der Waals surface area (Å²) in [5.74, 6) is 0.960. The molecule has 0 bridgehead atoms. The maximum atomic E-state index is 4.77. The number of aryl methyl sites for hydroxylation is 2. The fourth-order valence-electron chi connectivity index (χ4n) is 2.61. The number of rotatable bonds is 6. The molecule has 0 aliphatic heterocycles. The molecule has 0 radical (unpaired) electrons. The quantitative estimate of drug-likeness (QED) is 0.423. The second-order valence-electron chi connectivity index (χ2n) is 5.94. The van der Waals surface area contributed by atoms with E-state index in [-0.39, 0.29) is 24.0 Å². The van der Waals surface area contributed by atoms with Gasteiger partial charge in [-0.15, -0.1) is 24.0 Å². The Hall–Kier alpha value is -1.50. The Labute approximate surface area is 163 Å². The summed E-state index contributed by atoms with van der Waals surface area (Å²) in [6, 6.07) is 12.9. The van der Waals surface area contributed by atoms with E-state index in [4.69, 9.17) is 4.99 Å². The molecule has 0 spiro atoms. The normalized spacial score (nSPS) is 11.1. The van der Waals surface area contributed by atoms with Gasteiger partial charge in [0.2, 0.25) is 0 Å². The molecule has 24 heavy (non-hydrogen) atoms. The molecule has 0 saturated carbocycles. The molecule has 0 atom stereocenters. The molecule has 0 aliphatic rings. The van der Waals surface area contributed by atoms with Crippen LogP contribution in [0.3, 0.4) is 0 Å². The monoisotopic (exact) mass is 440 g/mol. The van der Waals surface area contributed by atoms with Crippen molar-refractivity contribution in [3.8, 4) is 0 Å². The van der Waals surface area contributed by atoms with E-state index in [1.165, 1.54) is 16.8 Å². The fraction of sp³-hybridized carbons (Fsp3) is 0.421. The van der Waals surface area contributed by atoms with Crippen LogP contribution in [0.15, 0.2) is 47.6 Å². The second kappa shape index (κ2) is 10.4. The summed E-state index contributed by atoms with van der Waals surface area (Å²) in [6.45, 7) is 6.75. The topological polar surface area (TPSA) is 32.6 Å². The number of hydrogen-bond donors (Lipinski definition) is 1. The Balaban J connectivity index is 0.00000288. The Morgan fingerprint density at radius 1 is 1.25 bits per heavy atom. The molecule has 1 aromatic carbocycles. The molecule has 5 heteroatoms. The highest BCUT2D eigenvalue weighted by Gasteiger charge is 2.08. The minimum absolute atomic E-state index is 0. The third kappa shape index (κ3) is 6.19. The van der Waals surface area contributed by atoms with Gasteiger partial charge in [-0.05, 0) is 38.0 Å². The minimum atomic E-state index is 0. The Bertz CT molecular complexity index is 648. The summed E-state index contributed by atoms with van der Waals surface area (Å²) in [5.41, 5.74) is 3.92. The lowest BCUT2D eigenvalue weighted by Gasteiger charge is -2.22.